The lowest BCUT2D eigenvalue weighted by molar-refractivity contribution is 0.325. The van der Waals surface area contributed by atoms with Gasteiger partial charge in [-0.1, -0.05) is 20.8 Å². The van der Waals surface area contributed by atoms with Crippen molar-refractivity contribution in [2.45, 2.75) is 59.0 Å². The average molecular weight is 291 g/mol. The molecule has 0 radical (unpaired) electrons. The van der Waals surface area contributed by atoms with Crippen LogP contribution in [0.3, 0.4) is 0 Å². The van der Waals surface area contributed by atoms with Gasteiger partial charge in [-0.3, -0.25) is 0 Å². The Bertz CT molecular complexity index is 391. The summed E-state index contributed by atoms with van der Waals surface area (Å²) in [6.45, 7) is 13.0. The molecule has 1 aliphatic heterocycles. The van der Waals surface area contributed by atoms with E-state index in [1.165, 1.54) is 50.9 Å². The zero-order chi connectivity index (χ0) is 15.1. The highest BCUT2D eigenvalue weighted by Gasteiger charge is 2.16. The van der Waals surface area contributed by atoms with Crippen LogP contribution in [0.2, 0.25) is 0 Å². The molecule has 2 rings (SSSR count). The molecule has 1 saturated heterocycles. The Balaban J connectivity index is 1.81. The SMILES string of the molecule is CCCNC(c1ccn(CCCN2CCCC2)c1)C(C)C. The van der Waals surface area contributed by atoms with E-state index in [2.05, 4.69) is 54.0 Å². The van der Waals surface area contributed by atoms with Crippen LogP contribution >= 0.6 is 0 Å². The number of nitrogens with zero attached hydrogens (tertiary/aromatic N) is 2. The molecule has 1 aromatic rings. The van der Waals surface area contributed by atoms with Gasteiger partial charge in [0, 0.05) is 25.0 Å². The Hall–Kier alpha value is -0.800. The quantitative estimate of drug-likeness (QED) is 0.749. The zero-order valence-corrected chi connectivity index (χ0v) is 14.1. The molecule has 1 aliphatic rings. The molecule has 21 heavy (non-hydrogen) atoms. The van der Waals surface area contributed by atoms with Gasteiger partial charge in [0.15, 0.2) is 0 Å². The van der Waals surface area contributed by atoms with E-state index in [1.807, 2.05) is 0 Å². The third-order valence-electron chi connectivity index (χ3n) is 4.50. The third-order valence-corrected chi connectivity index (χ3v) is 4.50. The van der Waals surface area contributed by atoms with Crippen molar-refractivity contribution in [3.05, 3.63) is 24.0 Å². The van der Waals surface area contributed by atoms with Gasteiger partial charge in [0.2, 0.25) is 0 Å². The second-order valence-electron chi connectivity index (χ2n) is 6.76. The van der Waals surface area contributed by atoms with E-state index in [0.29, 0.717) is 12.0 Å². The van der Waals surface area contributed by atoms with E-state index in [1.54, 1.807) is 0 Å². The summed E-state index contributed by atoms with van der Waals surface area (Å²) in [5.74, 6) is 0.636. The Morgan fingerprint density at radius 1 is 1.19 bits per heavy atom. The summed E-state index contributed by atoms with van der Waals surface area (Å²) in [5, 5.41) is 3.68. The highest BCUT2D eigenvalue weighted by atomic mass is 15.1. The fourth-order valence-corrected chi connectivity index (χ4v) is 3.30. The van der Waals surface area contributed by atoms with Crippen molar-refractivity contribution in [1.29, 1.82) is 0 Å². The van der Waals surface area contributed by atoms with Crippen LogP contribution < -0.4 is 5.32 Å². The highest BCUT2D eigenvalue weighted by Crippen LogP contribution is 2.22. The van der Waals surface area contributed by atoms with Crippen LogP contribution in [0.15, 0.2) is 18.5 Å². The van der Waals surface area contributed by atoms with Gasteiger partial charge in [0.25, 0.3) is 0 Å². The number of aryl methyl sites for hydroxylation is 1. The molecule has 120 valence electrons. The summed E-state index contributed by atoms with van der Waals surface area (Å²) in [7, 11) is 0. The standard InChI is InChI=1S/C18H33N3/c1-4-9-19-18(16(2)3)17-8-14-21(15-17)13-7-12-20-10-5-6-11-20/h8,14-16,18-19H,4-7,9-13H2,1-3H3. The summed E-state index contributed by atoms with van der Waals surface area (Å²) in [5.41, 5.74) is 1.44. The van der Waals surface area contributed by atoms with E-state index in [4.69, 9.17) is 0 Å². The van der Waals surface area contributed by atoms with Gasteiger partial charge in [-0.05, 0) is 69.4 Å². The van der Waals surface area contributed by atoms with E-state index in [-0.39, 0.29) is 0 Å². The lowest BCUT2D eigenvalue weighted by Crippen LogP contribution is -2.26. The van der Waals surface area contributed by atoms with Crippen molar-refractivity contribution in [2.75, 3.05) is 26.2 Å². The normalized spacial score (nSPS) is 17.7. The molecule has 2 heterocycles. The van der Waals surface area contributed by atoms with E-state index >= 15 is 0 Å². The van der Waals surface area contributed by atoms with Crippen molar-refractivity contribution in [3.63, 3.8) is 0 Å². The molecule has 1 aromatic heterocycles. The number of likely N-dealkylation sites (tertiary alicyclic amines) is 1. The van der Waals surface area contributed by atoms with E-state index in [9.17, 15) is 0 Å². The fraction of sp³-hybridized carbons (Fsp3) is 0.778. The summed E-state index contributed by atoms with van der Waals surface area (Å²) < 4.78 is 2.37. The maximum absolute atomic E-state index is 3.68. The molecule has 1 fully saturated rings. The van der Waals surface area contributed by atoms with Crippen LogP contribution in [0.1, 0.15) is 58.1 Å². The molecular formula is C18H33N3. The average Bonchev–Trinajstić information content (AvgIpc) is 3.11. The smallest absolute Gasteiger partial charge is 0.0358 e. The minimum absolute atomic E-state index is 0.491. The van der Waals surface area contributed by atoms with Crippen LogP contribution in [0.4, 0.5) is 0 Å². The maximum Gasteiger partial charge on any atom is 0.0358 e. The van der Waals surface area contributed by atoms with Crippen molar-refractivity contribution in [1.82, 2.24) is 14.8 Å². The number of aromatic nitrogens is 1. The second-order valence-corrected chi connectivity index (χ2v) is 6.76. The molecule has 0 aromatic carbocycles. The molecule has 0 aliphatic carbocycles. The third kappa shape index (κ3) is 5.15. The van der Waals surface area contributed by atoms with E-state index in [0.717, 1.165) is 13.1 Å². The Morgan fingerprint density at radius 3 is 2.62 bits per heavy atom. The number of nitrogens with one attached hydrogen (secondary N) is 1. The zero-order valence-electron chi connectivity index (χ0n) is 14.1. The number of hydrogen-bond acceptors (Lipinski definition) is 2. The monoisotopic (exact) mass is 291 g/mol. The van der Waals surface area contributed by atoms with Crippen molar-refractivity contribution in [2.24, 2.45) is 5.92 Å². The van der Waals surface area contributed by atoms with Gasteiger partial charge >= 0.3 is 0 Å². The highest BCUT2D eigenvalue weighted by molar-refractivity contribution is 5.16. The molecule has 1 unspecified atom stereocenters. The molecule has 3 nitrogen and oxygen atoms in total. The number of hydrogen-bond donors (Lipinski definition) is 1. The second kappa shape index (κ2) is 8.60. The predicted molar refractivity (Wildman–Crippen MR) is 90.6 cm³/mol. The lowest BCUT2D eigenvalue weighted by Gasteiger charge is -2.21. The first-order chi connectivity index (χ1) is 10.2. The maximum atomic E-state index is 3.68. The molecule has 0 bridgehead atoms. The van der Waals surface area contributed by atoms with Crippen molar-refractivity contribution in [3.8, 4) is 0 Å². The van der Waals surface area contributed by atoms with Crippen molar-refractivity contribution >= 4 is 0 Å². The van der Waals surface area contributed by atoms with Crippen LogP contribution in [0.25, 0.3) is 0 Å². The first-order valence-electron chi connectivity index (χ1n) is 8.82. The molecule has 0 spiro atoms. The van der Waals surface area contributed by atoms with Crippen molar-refractivity contribution < 1.29 is 0 Å². The molecule has 1 atom stereocenters. The number of rotatable bonds is 9. The molecule has 0 amide bonds. The molecule has 0 saturated carbocycles. The van der Waals surface area contributed by atoms with Gasteiger partial charge in [-0.2, -0.15) is 0 Å². The topological polar surface area (TPSA) is 20.2 Å². The molecule has 3 heteroatoms. The minimum Gasteiger partial charge on any atom is -0.354 e. The minimum atomic E-state index is 0.491. The van der Waals surface area contributed by atoms with Crippen LogP contribution in [-0.4, -0.2) is 35.6 Å². The Labute approximate surface area is 130 Å². The lowest BCUT2D eigenvalue weighted by atomic mass is 9.98. The van der Waals surface area contributed by atoms with Gasteiger partial charge in [0.05, 0.1) is 0 Å². The summed E-state index contributed by atoms with van der Waals surface area (Å²) >= 11 is 0. The summed E-state index contributed by atoms with van der Waals surface area (Å²) in [6, 6.07) is 2.79. The van der Waals surface area contributed by atoms with Gasteiger partial charge < -0.3 is 14.8 Å². The largest absolute Gasteiger partial charge is 0.354 e. The van der Waals surface area contributed by atoms with Gasteiger partial charge in [0.1, 0.15) is 0 Å². The Kier molecular flexibility index (Phi) is 6.78. The first-order valence-corrected chi connectivity index (χ1v) is 8.82. The summed E-state index contributed by atoms with van der Waals surface area (Å²) in [6.07, 6.45) is 9.85. The van der Waals surface area contributed by atoms with Gasteiger partial charge in [-0.15, -0.1) is 0 Å². The van der Waals surface area contributed by atoms with Crippen LogP contribution in [-0.2, 0) is 6.54 Å². The van der Waals surface area contributed by atoms with E-state index < -0.39 is 0 Å². The molecular weight excluding hydrogens is 258 g/mol. The van der Waals surface area contributed by atoms with Crippen LogP contribution in [0, 0.1) is 5.92 Å². The summed E-state index contributed by atoms with van der Waals surface area (Å²) in [4.78, 5) is 2.60. The van der Waals surface area contributed by atoms with Crippen LogP contribution in [0.5, 0.6) is 0 Å². The Morgan fingerprint density at radius 2 is 1.95 bits per heavy atom. The fourth-order valence-electron chi connectivity index (χ4n) is 3.30. The van der Waals surface area contributed by atoms with Gasteiger partial charge in [-0.25, -0.2) is 0 Å². The predicted octanol–water partition coefficient (Wildman–Crippen LogP) is 3.67. The first kappa shape index (κ1) is 16.6. The molecule has 1 N–H and O–H groups in total.